The Hall–Kier alpha value is -1.58. The minimum Gasteiger partial charge on any atom is -0.455 e. The zero-order valence-electron chi connectivity index (χ0n) is 24.4. The predicted octanol–water partition coefficient (Wildman–Crippen LogP) is 7.81. The van der Waals surface area contributed by atoms with E-state index in [1.54, 1.807) is 6.92 Å². The van der Waals surface area contributed by atoms with E-state index >= 15 is 0 Å². The summed E-state index contributed by atoms with van der Waals surface area (Å²) >= 11 is 0. The number of carbonyl (C=O) groups is 2. The molecule has 214 valence electrons. The zero-order chi connectivity index (χ0) is 27.1. The van der Waals surface area contributed by atoms with E-state index in [9.17, 15) is 9.59 Å². The number of ether oxygens (including phenoxy) is 2. The largest absolute Gasteiger partial charge is 0.455 e. The van der Waals surface area contributed by atoms with Gasteiger partial charge in [0.1, 0.15) is 11.2 Å². The van der Waals surface area contributed by atoms with E-state index in [4.69, 9.17) is 9.47 Å². The zero-order valence-corrected chi connectivity index (χ0v) is 24.4. The van der Waals surface area contributed by atoms with E-state index in [-0.39, 0.29) is 23.1 Å². The highest BCUT2D eigenvalue weighted by Gasteiger charge is 2.65. The van der Waals surface area contributed by atoms with Crippen molar-refractivity contribution in [3.63, 3.8) is 0 Å². The van der Waals surface area contributed by atoms with Crippen LogP contribution in [0.25, 0.3) is 0 Å². The second-order valence-corrected chi connectivity index (χ2v) is 15.4. The molecule has 7 aliphatic rings. The fraction of sp³-hybridized carbons (Fsp3) is 0.829. The van der Waals surface area contributed by atoms with Crippen LogP contribution in [0.3, 0.4) is 0 Å². The summed E-state index contributed by atoms with van der Waals surface area (Å²) in [7, 11) is 0. The fourth-order valence-electron chi connectivity index (χ4n) is 12.3. The van der Waals surface area contributed by atoms with Crippen molar-refractivity contribution in [2.45, 2.75) is 121 Å². The van der Waals surface area contributed by atoms with E-state index < -0.39 is 0 Å². The van der Waals surface area contributed by atoms with Gasteiger partial charge in [0.15, 0.2) is 0 Å². The van der Waals surface area contributed by atoms with Gasteiger partial charge in [-0.15, -0.1) is 0 Å². The maximum atomic E-state index is 13.1. The second kappa shape index (κ2) is 9.48. The van der Waals surface area contributed by atoms with Gasteiger partial charge in [-0.1, -0.05) is 19.6 Å². The molecule has 0 amide bonds. The Bertz CT molecular complexity index is 1050. The molecule has 0 spiro atoms. The van der Waals surface area contributed by atoms with Crippen LogP contribution in [0.5, 0.6) is 0 Å². The SMILES string of the molecule is C=C(C)C(=O)OC1(C2CC3CC2C2CC(C4CCCC4(OC(=O)C(=C)C)C4CC5CCC4C5)CC32)CCCC1. The summed E-state index contributed by atoms with van der Waals surface area (Å²) < 4.78 is 13.1. The highest BCUT2D eigenvalue weighted by Crippen LogP contribution is 2.69. The normalized spacial score (nSPS) is 46.9. The minimum absolute atomic E-state index is 0.148. The monoisotopic (exact) mass is 534 g/mol. The molecule has 4 heteroatoms. The maximum absolute atomic E-state index is 13.1. The average Bonchev–Trinajstić information content (AvgIpc) is 3.74. The van der Waals surface area contributed by atoms with Gasteiger partial charge in [-0.25, -0.2) is 9.59 Å². The average molecular weight is 535 g/mol. The smallest absolute Gasteiger partial charge is 0.333 e. The molecule has 0 saturated heterocycles. The topological polar surface area (TPSA) is 52.6 Å². The van der Waals surface area contributed by atoms with Crippen molar-refractivity contribution in [3.8, 4) is 0 Å². The van der Waals surface area contributed by atoms with Crippen molar-refractivity contribution in [2.75, 3.05) is 0 Å². The summed E-state index contributed by atoms with van der Waals surface area (Å²) in [5.41, 5.74) is 0.570. The van der Waals surface area contributed by atoms with E-state index in [0.717, 1.165) is 48.9 Å². The molecule has 0 radical (unpaired) electrons. The third kappa shape index (κ3) is 4.03. The van der Waals surface area contributed by atoms with Gasteiger partial charge in [0.05, 0.1) is 0 Å². The molecule has 4 bridgehead atoms. The van der Waals surface area contributed by atoms with Gasteiger partial charge in [0, 0.05) is 28.9 Å². The number of fused-ring (bicyclic) bond motifs is 7. The van der Waals surface area contributed by atoms with Crippen LogP contribution in [0.1, 0.15) is 110 Å². The first-order valence-electron chi connectivity index (χ1n) is 16.5. The van der Waals surface area contributed by atoms with Crippen molar-refractivity contribution >= 4 is 11.9 Å². The van der Waals surface area contributed by atoms with Crippen LogP contribution in [0.15, 0.2) is 24.3 Å². The quantitative estimate of drug-likeness (QED) is 0.247. The first-order valence-corrected chi connectivity index (χ1v) is 16.5. The Morgan fingerprint density at radius 1 is 0.615 bits per heavy atom. The van der Waals surface area contributed by atoms with Crippen LogP contribution in [0.4, 0.5) is 0 Å². The molecule has 0 heterocycles. The molecule has 7 aliphatic carbocycles. The summed E-state index contributed by atoms with van der Waals surface area (Å²) in [6.07, 6.45) is 18.5. The Morgan fingerprint density at radius 2 is 1.31 bits per heavy atom. The number of hydrogen-bond donors (Lipinski definition) is 0. The summed E-state index contributed by atoms with van der Waals surface area (Å²) in [6.45, 7) is 11.5. The van der Waals surface area contributed by atoms with Gasteiger partial charge in [-0.2, -0.15) is 0 Å². The van der Waals surface area contributed by atoms with Crippen molar-refractivity contribution < 1.29 is 19.1 Å². The molecule has 39 heavy (non-hydrogen) atoms. The standard InChI is InChI=1S/C35H50O4/c1-20(2)32(36)38-34(11-5-6-12-34)31-19-24-16-28(31)27-18-25(17-26(24)27)29-8-7-13-35(29,39-33(37)21(3)4)30-15-22-9-10-23(30)14-22/h22-31H,1,3,5-19H2,2,4H3. The Balaban J connectivity index is 1.13. The molecule has 7 fully saturated rings. The van der Waals surface area contributed by atoms with Crippen LogP contribution in [-0.2, 0) is 19.1 Å². The molecule has 0 aliphatic heterocycles. The third-order valence-corrected chi connectivity index (χ3v) is 13.5. The summed E-state index contributed by atoms with van der Waals surface area (Å²) in [4.78, 5) is 25.9. The number of carbonyl (C=O) groups excluding carboxylic acids is 2. The molecule has 0 aromatic heterocycles. The molecule has 0 aromatic rings. The van der Waals surface area contributed by atoms with Gasteiger partial charge in [0.25, 0.3) is 0 Å². The van der Waals surface area contributed by atoms with Crippen LogP contribution >= 0.6 is 0 Å². The molecule has 4 nitrogen and oxygen atoms in total. The summed E-state index contributed by atoms with van der Waals surface area (Å²) in [6, 6.07) is 0. The van der Waals surface area contributed by atoms with Crippen molar-refractivity contribution in [3.05, 3.63) is 24.3 Å². The highest BCUT2D eigenvalue weighted by atomic mass is 16.6. The van der Waals surface area contributed by atoms with Crippen molar-refractivity contribution in [2.24, 2.45) is 59.2 Å². The lowest BCUT2D eigenvalue weighted by Crippen LogP contribution is -2.50. The molecule has 0 N–H and O–H groups in total. The number of hydrogen-bond acceptors (Lipinski definition) is 4. The molecule has 11 unspecified atom stereocenters. The lowest BCUT2D eigenvalue weighted by atomic mass is 9.66. The Morgan fingerprint density at radius 3 is 1.97 bits per heavy atom. The van der Waals surface area contributed by atoms with Crippen LogP contribution < -0.4 is 0 Å². The summed E-state index contributed by atoms with van der Waals surface area (Å²) in [5, 5.41) is 0. The molecular weight excluding hydrogens is 484 g/mol. The lowest BCUT2D eigenvalue weighted by Gasteiger charge is -2.46. The fourth-order valence-corrected chi connectivity index (χ4v) is 12.3. The lowest BCUT2D eigenvalue weighted by molar-refractivity contribution is -0.175. The van der Waals surface area contributed by atoms with E-state index in [1.165, 1.54) is 77.0 Å². The van der Waals surface area contributed by atoms with Crippen molar-refractivity contribution in [1.82, 2.24) is 0 Å². The Labute approximate surface area is 235 Å². The molecular formula is C35H50O4. The molecule has 0 aromatic carbocycles. The summed E-state index contributed by atoms with van der Waals surface area (Å²) in [5.74, 6) is 6.59. The highest BCUT2D eigenvalue weighted by molar-refractivity contribution is 5.87. The molecule has 7 saturated carbocycles. The third-order valence-electron chi connectivity index (χ3n) is 13.5. The van der Waals surface area contributed by atoms with E-state index in [0.29, 0.717) is 40.7 Å². The second-order valence-electron chi connectivity index (χ2n) is 15.4. The first-order chi connectivity index (χ1) is 18.7. The first kappa shape index (κ1) is 26.3. The van der Waals surface area contributed by atoms with Gasteiger partial charge in [-0.05, 0) is 145 Å². The van der Waals surface area contributed by atoms with Gasteiger partial charge in [-0.3, -0.25) is 0 Å². The van der Waals surface area contributed by atoms with Gasteiger partial charge < -0.3 is 9.47 Å². The van der Waals surface area contributed by atoms with E-state index in [2.05, 4.69) is 13.2 Å². The predicted molar refractivity (Wildman–Crippen MR) is 151 cm³/mol. The Kier molecular flexibility index (Phi) is 6.40. The van der Waals surface area contributed by atoms with Crippen LogP contribution in [0.2, 0.25) is 0 Å². The van der Waals surface area contributed by atoms with Crippen LogP contribution in [-0.4, -0.2) is 23.1 Å². The number of rotatable bonds is 7. The molecule has 7 rings (SSSR count). The molecule has 11 atom stereocenters. The van der Waals surface area contributed by atoms with E-state index in [1.807, 2.05) is 6.92 Å². The maximum Gasteiger partial charge on any atom is 0.333 e. The number of esters is 2. The van der Waals surface area contributed by atoms with Gasteiger partial charge >= 0.3 is 11.9 Å². The van der Waals surface area contributed by atoms with Crippen molar-refractivity contribution in [1.29, 1.82) is 0 Å². The minimum atomic E-state index is -0.263. The van der Waals surface area contributed by atoms with Gasteiger partial charge in [0.2, 0.25) is 0 Å². The van der Waals surface area contributed by atoms with Crippen LogP contribution in [0, 0.1) is 59.2 Å².